The van der Waals surface area contributed by atoms with E-state index in [1.165, 1.54) is 0 Å². The first-order chi connectivity index (χ1) is 8.18. The molecule has 2 rings (SSSR count). The molecule has 17 heavy (non-hydrogen) atoms. The molecule has 1 fully saturated rings. The maximum Gasteiger partial charge on any atom is 0.322 e. The van der Waals surface area contributed by atoms with Crippen LogP contribution in [0.1, 0.15) is 18.7 Å². The molecule has 2 atom stereocenters. The molecule has 0 saturated carbocycles. The second-order valence-electron chi connectivity index (χ2n) is 4.27. The molecule has 1 aromatic rings. The summed E-state index contributed by atoms with van der Waals surface area (Å²) in [6, 6.07) is 5.49. The molecule has 2 N–H and O–H groups in total. The van der Waals surface area contributed by atoms with E-state index < -0.39 is 12.0 Å². The summed E-state index contributed by atoms with van der Waals surface area (Å²) < 4.78 is 0. The third kappa shape index (κ3) is 2.81. The summed E-state index contributed by atoms with van der Waals surface area (Å²) in [6.07, 6.45) is 1.77. The molecule has 0 amide bonds. The Morgan fingerprint density at radius 3 is 3.12 bits per heavy atom. The van der Waals surface area contributed by atoms with Crippen molar-refractivity contribution < 1.29 is 9.90 Å². The van der Waals surface area contributed by atoms with Crippen LogP contribution in [0.4, 0.5) is 0 Å². The topological polar surface area (TPSA) is 65.5 Å². The number of hydrogen-bond acceptors (Lipinski definition) is 4. The second-order valence-corrected chi connectivity index (χ2v) is 4.27. The first-order valence-electron chi connectivity index (χ1n) is 5.79. The smallest absolute Gasteiger partial charge is 0.322 e. The van der Waals surface area contributed by atoms with Gasteiger partial charge in [-0.1, -0.05) is 6.07 Å². The van der Waals surface area contributed by atoms with Crippen LogP contribution in [-0.4, -0.2) is 46.6 Å². The van der Waals surface area contributed by atoms with Crippen molar-refractivity contribution in [2.45, 2.75) is 19.0 Å². The van der Waals surface area contributed by atoms with Crippen LogP contribution in [0.25, 0.3) is 0 Å². The van der Waals surface area contributed by atoms with E-state index >= 15 is 0 Å². The summed E-state index contributed by atoms with van der Waals surface area (Å²) in [4.78, 5) is 17.4. The van der Waals surface area contributed by atoms with E-state index in [1.54, 1.807) is 6.20 Å². The van der Waals surface area contributed by atoms with Crippen molar-refractivity contribution >= 4 is 5.97 Å². The van der Waals surface area contributed by atoms with Gasteiger partial charge < -0.3 is 10.4 Å². The average molecular weight is 235 g/mol. The number of aromatic nitrogens is 1. The summed E-state index contributed by atoms with van der Waals surface area (Å²) in [5.74, 6) is -0.789. The Morgan fingerprint density at radius 2 is 2.47 bits per heavy atom. The van der Waals surface area contributed by atoms with Gasteiger partial charge in [0.1, 0.15) is 6.04 Å². The van der Waals surface area contributed by atoms with E-state index in [9.17, 15) is 4.79 Å². The highest BCUT2D eigenvalue weighted by Gasteiger charge is 2.28. The van der Waals surface area contributed by atoms with E-state index in [0.29, 0.717) is 13.1 Å². The lowest BCUT2D eigenvalue weighted by molar-refractivity contribution is -0.140. The van der Waals surface area contributed by atoms with Crippen molar-refractivity contribution in [3.05, 3.63) is 30.1 Å². The van der Waals surface area contributed by atoms with Crippen LogP contribution in [0, 0.1) is 0 Å². The van der Waals surface area contributed by atoms with Crippen LogP contribution < -0.4 is 5.32 Å². The van der Waals surface area contributed by atoms with Gasteiger partial charge >= 0.3 is 5.97 Å². The highest BCUT2D eigenvalue weighted by molar-refractivity contribution is 5.73. The first kappa shape index (κ1) is 12.0. The lowest BCUT2D eigenvalue weighted by Crippen LogP contribution is -2.54. The highest BCUT2D eigenvalue weighted by Crippen LogP contribution is 2.19. The predicted molar refractivity (Wildman–Crippen MR) is 63.7 cm³/mol. The molecule has 0 aromatic carbocycles. The normalized spacial score (nSPS) is 23.2. The number of hydrogen-bond donors (Lipinski definition) is 2. The number of nitrogens with one attached hydrogen (secondary N) is 1. The summed E-state index contributed by atoms with van der Waals surface area (Å²) >= 11 is 0. The minimum Gasteiger partial charge on any atom is -0.480 e. The van der Waals surface area contributed by atoms with Crippen molar-refractivity contribution in [3.8, 4) is 0 Å². The fraction of sp³-hybridized carbons (Fsp3) is 0.500. The molecule has 92 valence electrons. The molecule has 1 aliphatic heterocycles. The lowest BCUT2D eigenvalue weighted by atomic mass is 10.1. The second kappa shape index (κ2) is 5.25. The number of pyridine rings is 1. The summed E-state index contributed by atoms with van der Waals surface area (Å²) in [5, 5.41) is 12.0. The van der Waals surface area contributed by atoms with Gasteiger partial charge in [-0.2, -0.15) is 0 Å². The van der Waals surface area contributed by atoms with Crippen molar-refractivity contribution in [3.63, 3.8) is 0 Å². The van der Waals surface area contributed by atoms with Gasteiger partial charge in [0, 0.05) is 31.9 Å². The van der Waals surface area contributed by atoms with Crippen LogP contribution in [0.3, 0.4) is 0 Å². The van der Waals surface area contributed by atoms with E-state index in [0.717, 1.165) is 12.2 Å². The van der Waals surface area contributed by atoms with Crippen LogP contribution in [0.15, 0.2) is 24.4 Å². The van der Waals surface area contributed by atoms with Crippen molar-refractivity contribution in [1.29, 1.82) is 0 Å². The number of rotatable bonds is 3. The van der Waals surface area contributed by atoms with Crippen LogP contribution >= 0.6 is 0 Å². The molecule has 5 heteroatoms. The Morgan fingerprint density at radius 1 is 1.65 bits per heavy atom. The van der Waals surface area contributed by atoms with Gasteiger partial charge in [0.05, 0.1) is 5.69 Å². The van der Waals surface area contributed by atoms with Crippen molar-refractivity contribution in [1.82, 2.24) is 15.2 Å². The number of piperazine rings is 1. The Labute approximate surface area is 100 Å². The predicted octanol–water partition coefficient (Wildman–Crippen LogP) is 0.501. The molecule has 0 bridgehead atoms. The molecule has 1 aromatic heterocycles. The molecule has 0 aliphatic carbocycles. The number of carbonyl (C=O) groups is 1. The summed E-state index contributed by atoms with van der Waals surface area (Å²) in [6.45, 7) is 4.13. The number of aliphatic carboxylic acids is 1. The third-order valence-corrected chi connectivity index (χ3v) is 3.17. The molecule has 0 spiro atoms. The molecule has 2 heterocycles. The fourth-order valence-corrected chi connectivity index (χ4v) is 2.10. The van der Waals surface area contributed by atoms with Gasteiger partial charge in [-0.15, -0.1) is 0 Å². The summed E-state index contributed by atoms with van der Waals surface area (Å²) in [5.41, 5.74) is 0.985. The van der Waals surface area contributed by atoms with E-state index in [1.807, 2.05) is 18.2 Å². The van der Waals surface area contributed by atoms with Crippen molar-refractivity contribution in [2.24, 2.45) is 0 Å². The zero-order chi connectivity index (χ0) is 12.3. The molecule has 5 nitrogen and oxygen atoms in total. The van der Waals surface area contributed by atoms with Gasteiger partial charge in [0.2, 0.25) is 0 Å². The molecule has 0 radical (unpaired) electrons. The highest BCUT2D eigenvalue weighted by atomic mass is 16.4. The minimum atomic E-state index is -0.789. The van der Waals surface area contributed by atoms with Crippen LogP contribution in [0.5, 0.6) is 0 Å². The fourth-order valence-electron chi connectivity index (χ4n) is 2.10. The van der Waals surface area contributed by atoms with Gasteiger partial charge in [-0.3, -0.25) is 14.7 Å². The van der Waals surface area contributed by atoms with Gasteiger partial charge in [0.25, 0.3) is 0 Å². The van der Waals surface area contributed by atoms with Gasteiger partial charge in [0.15, 0.2) is 0 Å². The molecule has 1 aliphatic rings. The zero-order valence-corrected chi connectivity index (χ0v) is 9.84. The maximum absolute atomic E-state index is 11.0. The quantitative estimate of drug-likeness (QED) is 0.798. The molecular formula is C12H17N3O2. The maximum atomic E-state index is 11.0. The molecule has 1 saturated heterocycles. The van der Waals surface area contributed by atoms with Gasteiger partial charge in [-0.25, -0.2) is 0 Å². The number of carboxylic acids is 1. The van der Waals surface area contributed by atoms with Crippen LogP contribution in [0.2, 0.25) is 0 Å². The Balaban J connectivity index is 2.05. The molecular weight excluding hydrogens is 218 g/mol. The first-order valence-corrected chi connectivity index (χ1v) is 5.79. The minimum absolute atomic E-state index is 0.153. The van der Waals surface area contributed by atoms with Crippen molar-refractivity contribution in [2.75, 3.05) is 19.6 Å². The Hall–Kier alpha value is -1.46. The lowest BCUT2D eigenvalue weighted by Gasteiger charge is -2.35. The molecule has 2 unspecified atom stereocenters. The Bertz CT molecular complexity index is 383. The van der Waals surface area contributed by atoms with E-state index in [-0.39, 0.29) is 6.04 Å². The zero-order valence-electron chi connectivity index (χ0n) is 9.84. The Kier molecular flexibility index (Phi) is 3.71. The largest absolute Gasteiger partial charge is 0.480 e. The SMILES string of the molecule is CC(c1ccccn1)N1CCNC(C(=O)O)C1. The number of nitrogens with zero attached hydrogens (tertiary/aromatic N) is 2. The standard InChI is InChI=1S/C12H17N3O2/c1-9(10-4-2-3-5-13-10)15-7-6-14-11(8-15)12(16)17/h2-5,9,11,14H,6-8H2,1H3,(H,16,17). The van der Waals surface area contributed by atoms with Gasteiger partial charge in [-0.05, 0) is 19.1 Å². The van der Waals surface area contributed by atoms with E-state index in [2.05, 4.69) is 22.1 Å². The van der Waals surface area contributed by atoms with Crippen LogP contribution in [-0.2, 0) is 4.79 Å². The summed E-state index contributed by atoms with van der Waals surface area (Å²) in [7, 11) is 0. The van der Waals surface area contributed by atoms with E-state index in [4.69, 9.17) is 5.11 Å². The average Bonchev–Trinajstić information content (AvgIpc) is 2.39. The third-order valence-electron chi connectivity index (χ3n) is 3.17. The monoisotopic (exact) mass is 235 g/mol. The number of carboxylic acid groups (broad SMARTS) is 1.